The van der Waals surface area contributed by atoms with Gasteiger partial charge in [-0.25, -0.2) is 4.98 Å². The van der Waals surface area contributed by atoms with Gasteiger partial charge in [0.25, 0.3) is 0 Å². The van der Waals surface area contributed by atoms with Crippen LogP contribution in [0.2, 0.25) is 0 Å². The maximum Gasteiger partial charge on any atom is 0.168 e. The number of hydrogen-bond donors (Lipinski definition) is 1. The van der Waals surface area contributed by atoms with Crippen LogP contribution in [0.15, 0.2) is 18.3 Å². The van der Waals surface area contributed by atoms with Gasteiger partial charge >= 0.3 is 0 Å². The zero-order valence-corrected chi connectivity index (χ0v) is 10.6. The smallest absolute Gasteiger partial charge is 0.168 e. The molecule has 0 aromatic carbocycles. The first-order valence-electron chi connectivity index (χ1n) is 5.56. The molecule has 0 bridgehead atoms. The van der Waals surface area contributed by atoms with Crippen LogP contribution in [0.25, 0.3) is 0 Å². The summed E-state index contributed by atoms with van der Waals surface area (Å²) < 4.78 is 5.20. The summed E-state index contributed by atoms with van der Waals surface area (Å²) in [4.78, 5) is 4.22. The van der Waals surface area contributed by atoms with E-state index in [0.29, 0.717) is 5.92 Å². The molecule has 1 aromatic heterocycles. The molecule has 90 valence electrons. The van der Waals surface area contributed by atoms with E-state index in [0.717, 1.165) is 36.8 Å². The van der Waals surface area contributed by atoms with Gasteiger partial charge in [0.15, 0.2) is 11.6 Å². The van der Waals surface area contributed by atoms with Gasteiger partial charge in [-0.15, -0.1) is 11.6 Å². The average Bonchev–Trinajstić information content (AvgIpc) is 2.34. The molecule has 0 radical (unpaired) electrons. The maximum atomic E-state index is 5.74. The minimum Gasteiger partial charge on any atom is -0.493 e. The lowest BCUT2D eigenvalue weighted by atomic mass is 10.1. The number of halogens is 1. The summed E-state index contributed by atoms with van der Waals surface area (Å²) >= 11 is 5.74. The first kappa shape index (κ1) is 13.1. The van der Waals surface area contributed by atoms with Gasteiger partial charge in [0, 0.05) is 18.6 Å². The van der Waals surface area contributed by atoms with Crippen LogP contribution >= 0.6 is 11.6 Å². The lowest BCUT2D eigenvalue weighted by Crippen LogP contribution is -2.07. The van der Waals surface area contributed by atoms with Crippen molar-refractivity contribution >= 4 is 17.4 Å². The number of rotatable bonds is 7. The Balaban J connectivity index is 2.31. The number of aromatic nitrogens is 1. The molecule has 1 unspecified atom stereocenters. The van der Waals surface area contributed by atoms with E-state index in [9.17, 15) is 0 Å². The molecule has 0 spiro atoms. The molecule has 0 saturated carbocycles. The van der Waals surface area contributed by atoms with Gasteiger partial charge in [-0.2, -0.15) is 0 Å². The zero-order valence-electron chi connectivity index (χ0n) is 9.87. The quantitative estimate of drug-likeness (QED) is 0.589. The lowest BCUT2D eigenvalue weighted by molar-refractivity contribution is 0.414. The van der Waals surface area contributed by atoms with Crippen LogP contribution in [0, 0.1) is 5.92 Å². The Morgan fingerprint density at radius 2 is 2.38 bits per heavy atom. The molecular formula is C12H19ClN2O. The Bertz CT molecular complexity index is 307. The van der Waals surface area contributed by atoms with Crippen LogP contribution in [0.3, 0.4) is 0 Å². The standard InChI is InChI=1S/C12H19ClN2O/c1-10(9-13)5-3-7-14-12-11(16-2)6-4-8-15-12/h4,6,8,10H,3,5,7,9H2,1-2H3,(H,14,15). The minimum atomic E-state index is 0.578. The van der Waals surface area contributed by atoms with Crippen LogP contribution in [-0.4, -0.2) is 24.5 Å². The first-order valence-corrected chi connectivity index (χ1v) is 6.10. The topological polar surface area (TPSA) is 34.1 Å². The van der Waals surface area contributed by atoms with E-state index >= 15 is 0 Å². The van der Waals surface area contributed by atoms with Crippen LogP contribution < -0.4 is 10.1 Å². The van der Waals surface area contributed by atoms with E-state index in [4.69, 9.17) is 16.3 Å². The summed E-state index contributed by atoms with van der Waals surface area (Å²) in [6.45, 7) is 3.06. The molecule has 1 rings (SSSR count). The summed E-state index contributed by atoms with van der Waals surface area (Å²) in [5, 5.41) is 3.26. The van der Waals surface area contributed by atoms with Crippen molar-refractivity contribution in [3.63, 3.8) is 0 Å². The SMILES string of the molecule is COc1cccnc1NCCCC(C)CCl. The van der Waals surface area contributed by atoms with Crippen molar-refractivity contribution in [2.24, 2.45) is 5.92 Å². The molecule has 0 amide bonds. The van der Waals surface area contributed by atoms with Gasteiger partial charge in [0.1, 0.15) is 0 Å². The first-order chi connectivity index (χ1) is 7.77. The fourth-order valence-electron chi connectivity index (χ4n) is 1.42. The maximum absolute atomic E-state index is 5.74. The van der Waals surface area contributed by atoms with Gasteiger partial charge < -0.3 is 10.1 Å². The number of anilines is 1. The molecule has 0 aliphatic carbocycles. The third kappa shape index (κ3) is 4.27. The normalized spacial score (nSPS) is 12.2. The van der Waals surface area contributed by atoms with Crippen molar-refractivity contribution in [1.29, 1.82) is 0 Å². The molecule has 1 atom stereocenters. The third-order valence-corrected chi connectivity index (χ3v) is 2.95. The summed E-state index contributed by atoms with van der Waals surface area (Å²) in [6, 6.07) is 3.76. The van der Waals surface area contributed by atoms with Crippen LogP contribution in [0.4, 0.5) is 5.82 Å². The predicted molar refractivity (Wildman–Crippen MR) is 68.4 cm³/mol. The molecule has 0 aliphatic rings. The predicted octanol–water partition coefficient (Wildman–Crippen LogP) is 3.16. The molecule has 0 aliphatic heterocycles. The molecule has 3 nitrogen and oxygen atoms in total. The number of methoxy groups -OCH3 is 1. The Labute approximate surface area is 102 Å². The molecule has 1 aromatic rings. The highest BCUT2D eigenvalue weighted by molar-refractivity contribution is 6.18. The van der Waals surface area contributed by atoms with E-state index in [1.165, 1.54) is 0 Å². The van der Waals surface area contributed by atoms with Crippen LogP contribution in [-0.2, 0) is 0 Å². The summed E-state index contributed by atoms with van der Waals surface area (Å²) in [5.74, 6) is 2.90. The Hall–Kier alpha value is -0.960. The van der Waals surface area contributed by atoms with E-state index in [1.807, 2.05) is 12.1 Å². The number of hydrogen-bond acceptors (Lipinski definition) is 3. The number of ether oxygens (including phenoxy) is 1. The number of alkyl halides is 1. The van der Waals surface area contributed by atoms with Crippen molar-refractivity contribution < 1.29 is 4.74 Å². The van der Waals surface area contributed by atoms with Crippen molar-refractivity contribution in [3.8, 4) is 5.75 Å². The molecule has 4 heteroatoms. The van der Waals surface area contributed by atoms with Gasteiger partial charge in [0.2, 0.25) is 0 Å². The van der Waals surface area contributed by atoms with Crippen molar-refractivity contribution in [3.05, 3.63) is 18.3 Å². The zero-order chi connectivity index (χ0) is 11.8. The second kappa shape index (κ2) is 7.34. The fraction of sp³-hybridized carbons (Fsp3) is 0.583. The third-order valence-electron chi connectivity index (χ3n) is 2.42. The summed E-state index contributed by atoms with van der Waals surface area (Å²) in [6.07, 6.45) is 3.98. The van der Waals surface area contributed by atoms with Gasteiger partial charge in [-0.05, 0) is 30.9 Å². The van der Waals surface area contributed by atoms with Gasteiger partial charge in [0.05, 0.1) is 7.11 Å². The van der Waals surface area contributed by atoms with Crippen molar-refractivity contribution in [1.82, 2.24) is 4.98 Å². The van der Waals surface area contributed by atoms with E-state index in [-0.39, 0.29) is 0 Å². The molecule has 1 heterocycles. The molecule has 1 N–H and O–H groups in total. The molecular weight excluding hydrogens is 224 g/mol. The van der Waals surface area contributed by atoms with Crippen LogP contribution in [0.1, 0.15) is 19.8 Å². The highest BCUT2D eigenvalue weighted by Gasteiger charge is 2.03. The fourth-order valence-corrected chi connectivity index (χ4v) is 1.58. The largest absolute Gasteiger partial charge is 0.493 e. The molecule has 0 fully saturated rings. The monoisotopic (exact) mass is 242 g/mol. The van der Waals surface area contributed by atoms with Crippen LogP contribution in [0.5, 0.6) is 5.75 Å². The molecule has 0 saturated heterocycles. The van der Waals surface area contributed by atoms with Gasteiger partial charge in [-0.3, -0.25) is 0 Å². The Morgan fingerprint density at radius 3 is 3.06 bits per heavy atom. The van der Waals surface area contributed by atoms with E-state index < -0.39 is 0 Å². The second-order valence-electron chi connectivity index (χ2n) is 3.88. The number of pyridine rings is 1. The van der Waals surface area contributed by atoms with Gasteiger partial charge in [-0.1, -0.05) is 6.92 Å². The number of nitrogens with one attached hydrogen (secondary N) is 1. The lowest BCUT2D eigenvalue weighted by Gasteiger charge is -2.10. The summed E-state index contributed by atoms with van der Waals surface area (Å²) in [7, 11) is 1.65. The highest BCUT2D eigenvalue weighted by atomic mass is 35.5. The Morgan fingerprint density at radius 1 is 1.56 bits per heavy atom. The second-order valence-corrected chi connectivity index (χ2v) is 4.19. The molecule has 16 heavy (non-hydrogen) atoms. The average molecular weight is 243 g/mol. The van der Waals surface area contributed by atoms with Crippen molar-refractivity contribution in [2.75, 3.05) is 24.9 Å². The van der Waals surface area contributed by atoms with Crippen molar-refractivity contribution in [2.45, 2.75) is 19.8 Å². The minimum absolute atomic E-state index is 0.578. The Kier molecular flexibility index (Phi) is 6.01. The summed E-state index contributed by atoms with van der Waals surface area (Å²) in [5.41, 5.74) is 0. The van der Waals surface area contributed by atoms with E-state index in [1.54, 1.807) is 13.3 Å². The number of nitrogens with zero attached hydrogens (tertiary/aromatic N) is 1. The van der Waals surface area contributed by atoms with E-state index in [2.05, 4.69) is 17.2 Å². The highest BCUT2D eigenvalue weighted by Crippen LogP contribution is 2.20.